The van der Waals surface area contributed by atoms with E-state index >= 15 is 0 Å². The SMILES string of the molecule is CCOc1cc(/C=C/c2ccccn2)ccc1OC(=O)COc1cccc(CC)c1. The van der Waals surface area contributed by atoms with E-state index in [1.807, 2.05) is 73.7 Å². The maximum Gasteiger partial charge on any atom is 0.349 e. The Morgan fingerprint density at radius 2 is 1.83 bits per heavy atom. The van der Waals surface area contributed by atoms with Crippen molar-refractivity contribution in [1.29, 1.82) is 0 Å². The molecule has 1 aromatic heterocycles. The highest BCUT2D eigenvalue weighted by Gasteiger charge is 2.12. The number of benzene rings is 2. The van der Waals surface area contributed by atoms with E-state index in [4.69, 9.17) is 14.2 Å². The highest BCUT2D eigenvalue weighted by Crippen LogP contribution is 2.29. The fourth-order valence-corrected chi connectivity index (χ4v) is 2.79. The second kappa shape index (κ2) is 10.8. The van der Waals surface area contributed by atoms with E-state index in [0.29, 0.717) is 23.9 Å². The van der Waals surface area contributed by atoms with Crippen molar-refractivity contribution in [2.75, 3.05) is 13.2 Å². The number of carbonyl (C=O) groups is 1. The van der Waals surface area contributed by atoms with Crippen LogP contribution < -0.4 is 14.2 Å². The van der Waals surface area contributed by atoms with Crippen LogP contribution in [0.5, 0.6) is 17.2 Å². The van der Waals surface area contributed by atoms with E-state index < -0.39 is 5.97 Å². The first-order valence-electron chi connectivity index (χ1n) is 9.96. The Labute approximate surface area is 176 Å². The molecule has 3 aromatic rings. The number of nitrogens with zero attached hydrogens (tertiary/aromatic N) is 1. The van der Waals surface area contributed by atoms with E-state index in [1.165, 1.54) is 0 Å². The van der Waals surface area contributed by atoms with Gasteiger partial charge in [-0.15, -0.1) is 0 Å². The lowest BCUT2D eigenvalue weighted by molar-refractivity contribution is -0.136. The number of rotatable bonds is 9. The van der Waals surface area contributed by atoms with Crippen molar-refractivity contribution < 1.29 is 19.0 Å². The van der Waals surface area contributed by atoms with Crippen molar-refractivity contribution >= 4 is 18.1 Å². The van der Waals surface area contributed by atoms with Gasteiger partial charge in [-0.3, -0.25) is 4.98 Å². The van der Waals surface area contributed by atoms with Gasteiger partial charge in [-0.25, -0.2) is 4.79 Å². The largest absolute Gasteiger partial charge is 0.490 e. The molecule has 5 nitrogen and oxygen atoms in total. The number of ether oxygens (including phenoxy) is 3. The average molecular weight is 403 g/mol. The molecular weight excluding hydrogens is 378 g/mol. The molecule has 0 amide bonds. The zero-order valence-corrected chi connectivity index (χ0v) is 17.2. The van der Waals surface area contributed by atoms with Crippen LogP contribution in [-0.2, 0) is 11.2 Å². The minimum Gasteiger partial charge on any atom is -0.490 e. The molecule has 0 aliphatic heterocycles. The van der Waals surface area contributed by atoms with Crippen molar-refractivity contribution in [1.82, 2.24) is 4.98 Å². The first-order valence-corrected chi connectivity index (χ1v) is 9.96. The van der Waals surface area contributed by atoms with E-state index in [1.54, 1.807) is 12.3 Å². The first-order chi connectivity index (χ1) is 14.7. The number of pyridine rings is 1. The van der Waals surface area contributed by atoms with Crippen LogP contribution in [0, 0.1) is 0 Å². The second-order valence-corrected chi connectivity index (χ2v) is 6.49. The first kappa shape index (κ1) is 21.1. The summed E-state index contributed by atoms with van der Waals surface area (Å²) >= 11 is 0. The van der Waals surface area contributed by atoms with E-state index in [-0.39, 0.29) is 6.61 Å². The summed E-state index contributed by atoms with van der Waals surface area (Å²) in [5.74, 6) is 1.02. The molecule has 0 saturated heterocycles. The highest BCUT2D eigenvalue weighted by molar-refractivity contribution is 5.76. The predicted molar refractivity (Wildman–Crippen MR) is 118 cm³/mol. The lowest BCUT2D eigenvalue weighted by Crippen LogP contribution is -2.18. The zero-order chi connectivity index (χ0) is 21.2. The van der Waals surface area contributed by atoms with E-state index in [2.05, 4.69) is 11.9 Å². The number of aryl methyl sites for hydroxylation is 1. The van der Waals surface area contributed by atoms with E-state index in [9.17, 15) is 4.79 Å². The second-order valence-electron chi connectivity index (χ2n) is 6.49. The topological polar surface area (TPSA) is 57.7 Å². The molecule has 154 valence electrons. The molecule has 0 radical (unpaired) electrons. The van der Waals surface area contributed by atoms with Crippen LogP contribution >= 0.6 is 0 Å². The van der Waals surface area contributed by atoms with Gasteiger partial charge >= 0.3 is 5.97 Å². The van der Waals surface area contributed by atoms with Crippen molar-refractivity contribution in [2.24, 2.45) is 0 Å². The maximum atomic E-state index is 12.3. The third-order valence-corrected chi connectivity index (χ3v) is 4.29. The summed E-state index contributed by atoms with van der Waals surface area (Å²) in [6, 6.07) is 18.8. The Balaban J connectivity index is 1.65. The summed E-state index contributed by atoms with van der Waals surface area (Å²) < 4.78 is 16.7. The minimum atomic E-state index is -0.491. The molecular formula is C25H25NO4. The fraction of sp³-hybridized carbons (Fsp3) is 0.200. The van der Waals surface area contributed by atoms with Gasteiger partial charge in [0.25, 0.3) is 0 Å². The van der Waals surface area contributed by atoms with Crippen LogP contribution in [0.1, 0.15) is 30.7 Å². The summed E-state index contributed by atoms with van der Waals surface area (Å²) in [6.45, 7) is 4.22. The molecule has 0 bridgehead atoms. The molecule has 1 heterocycles. The van der Waals surface area contributed by atoms with Gasteiger partial charge in [0.2, 0.25) is 0 Å². The number of carbonyl (C=O) groups excluding carboxylic acids is 1. The van der Waals surface area contributed by atoms with Gasteiger partial charge in [-0.2, -0.15) is 0 Å². The van der Waals surface area contributed by atoms with Gasteiger partial charge in [0, 0.05) is 6.20 Å². The minimum absolute atomic E-state index is 0.180. The zero-order valence-electron chi connectivity index (χ0n) is 17.2. The molecule has 30 heavy (non-hydrogen) atoms. The lowest BCUT2D eigenvalue weighted by atomic mass is 10.1. The number of esters is 1. The maximum absolute atomic E-state index is 12.3. The lowest BCUT2D eigenvalue weighted by Gasteiger charge is -2.12. The van der Waals surface area contributed by atoms with Crippen LogP contribution in [0.3, 0.4) is 0 Å². The van der Waals surface area contributed by atoms with Crippen molar-refractivity contribution in [3.05, 3.63) is 83.7 Å². The van der Waals surface area contributed by atoms with Gasteiger partial charge < -0.3 is 14.2 Å². The predicted octanol–water partition coefficient (Wildman–Crippen LogP) is 5.20. The molecule has 0 aliphatic carbocycles. The Morgan fingerprint density at radius 3 is 2.60 bits per heavy atom. The standard InChI is InChI=1S/C25H25NO4/c1-3-19-8-7-10-22(16-19)29-18-25(27)30-23-14-12-20(17-24(23)28-4-2)11-13-21-9-5-6-15-26-21/h5-17H,3-4,18H2,1-2H3/b13-11+. The molecule has 0 atom stereocenters. The highest BCUT2D eigenvalue weighted by atomic mass is 16.6. The third kappa shape index (κ3) is 6.21. The molecule has 5 heteroatoms. The van der Waals surface area contributed by atoms with Crippen LogP contribution in [0.2, 0.25) is 0 Å². The smallest absolute Gasteiger partial charge is 0.349 e. The Kier molecular flexibility index (Phi) is 7.61. The Hall–Kier alpha value is -3.60. The summed E-state index contributed by atoms with van der Waals surface area (Å²) in [5.41, 5.74) is 2.92. The summed E-state index contributed by atoms with van der Waals surface area (Å²) in [5, 5.41) is 0. The number of hydrogen-bond acceptors (Lipinski definition) is 5. The van der Waals surface area contributed by atoms with Gasteiger partial charge in [-0.1, -0.05) is 37.3 Å². The third-order valence-electron chi connectivity index (χ3n) is 4.29. The fourth-order valence-electron chi connectivity index (χ4n) is 2.79. The molecule has 0 unspecified atom stereocenters. The quantitative estimate of drug-likeness (QED) is 0.363. The molecule has 0 N–H and O–H groups in total. The summed E-state index contributed by atoms with van der Waals surface area (Å²) in [4.78, 5) is 16.5. The summed E-state index contributed by atoms with van der Waals surface area (Å²) in [7, 11) is 0. The van der Waals surface area contributed by atoms with Gasteiger partial charge in [0.15, 0.2) is 18.1 Å². The molecule has 0 spiro atoms. The average Bonchev–Trinajstić information content (AvgIpc) is 2.79. The number of aromatic nitrogens is 1. The van der Waals surface area contributed by atoms with Gasteiger partial charge in [-0.05, 0) is 66.9 Å². The van der Waals surface area contributed by atoms with Crippen LogP contribution in [-0.4, -0.2) is 24.2 Å². The van der Waals surface area contributed by atoms with Crippen LogP contribution in [0.4, 0.5) is 0 Å². The molecule has 0 fully saturated rings. The van der Waals surface area contributed by atoms with Crippen LogP contribution in [0.15, 0.2) is 66.9 Å². The summed E-state index contributed by atoms with van der Waals surface area (Å²) in [6.07, 6.45) is 6.49. The number of hydrogen-bond donors (Lipinski definition) is 0. The van der Waals surface area contributed by atoms with Crippen molar-refractivity contribution in [2.45, 2.75) is 20.3 Å². The van der Waals surface area contributed by atoms with Crippen molar-refractivity contribution in [3.8, 4) is 17.2 Å². The van der Waals surface area contributed by atoms with Gasteiger partial charge in [0.05, 0.1) is 12.3 Å². The normalized spacial score (nSPS) is 10.7. The molecule has 0 saturated carbocycles. The molecule has 2 aromatic carbocycles. The Bertz CT molecular complexity index is 999. The van der Waals surface area contributed by atoms with Crippen LogP contribution in [0.25, 0.3) is 12.2 Å². The molecule has 3 rings (SSSR count). The molecule has 0 aliphatic rings. The van der Waals surface area contributed by atoms with E-state index in [0.717, 1.165) is 23.2 Å². The Morgan fingerprint density at radius 1 is 0.933 bits per heavy atom. The van der Waals surface area contributed by atoms with Crippen molar-refractivity contribution in [3.63, 3.8) is 0 Å². The monoisotopic (exact) mass is 403 g/mol. The van der Waals surface area contributed by atoms with Gasteiger partial charge in [0.1, 0.15) is 5.75 Å².